The van der Waals surface area contributed by atoms with Crippen LogP contribution in [0.5, 0.6) is 0 Å². The fourth-order valence-corrected chi connectivity index (χ4v) is 2.77. The molecule has 1 atom stereocenters. The van der Waals surface area contributed by atoms with Crippen LogP contribution < -0.4 is 5.32 Å². The molecule has 1 heterocycles. The van der Waals surface area contributed by atoms with Crippen LogP contribution in [0.1, 0.15) is 24.1 Å². The maximum Gasteiger partial charge on any atom is 0.289 e. The highest BCUT2D eigenvalue weighted by Gasteiger charge is 2.32. The summed E-state index contributed by atoms with van der Waals surface area (Å²) in [5.74, 6) is -0.780. The third kappa shape index (κ3) is 4.78. The number of benzene rings is 1. The maximum absolute atomic E-state index is 12.7. The highest BCUT2D eigenvalue weighted by atomic mass is 16.2. The van der Waals surface area contributed by atoms with Gasteiger partial charge in [-0.15, -0.1) is 0 Å². The minimum atomic E-state index is -0.893. The van der Waals surface area contributed by atoms with Gasteiger partial charge in [0.15, 0.2) is 0 Å². The Morgan fingerprint density at radius 3 is 2.69 bits per heavy atom. The normalized spacial score (nSPS) is 14.5. The van der Waals surface area contributed by atoms with E-state index in [2.05, 4.69) is 15.3 Å². The zero-order valence-corrected chi connectivity index (χ0v) is 14.4. The average molecular weight is 354 g/mol. The summed E-state index contributed by atoms with van der Waals surface area (Å²) in [6.07, 6.45) is 6.14. The van der Waals surface area contributed by atoms with Crippen molar-refractivity contribution < 1.29 is 14.4 Å². The highest BCUT2D eigenvalue weighted by Crippen LogP contribution is 2.27. The van der Waals surface area contributed by atoms with Crippen LogP contribution in [0, 0.1) is 5.92 Å². The fourth-order valence-electron chi connectivity index (χ4n) is 2.77. The van der Waals surface area contributed by atoms with Crippen LogP contribution in [0.15, 0.2) is 42.9 Å². The molecular weight excluding hydrogens is 332 g/mol. The van der Waals surface area contributed by atoms with E-state index in [9.17, 15) is 14.4 Å². The van der Waals surface area contributed by atoms with Gasteiger partial charge in [0, 0.05) is 25.7 Å². The molecular formula is C19H22N4O3. The Morgan fingerprint density at radius 2 is 2.08 bits per heavy atom. The van der Waals surface area contributed by atoms with Gasteiger partial charge in [0.25, 0.3) is 5.91 Å². The van der Waals surface area contributed by atoms with E-state index in [1.807, 2.05) is 30.3 Å². The fraction of sp³-hybridized carbons (Fsp3) is 0.368. The molecule has 3 rings (SSSR count). The Morgan fingerprint density at radius 1 is 1.31 bits per heavy atom. The van der Waals surface area contributed by atoms with Gasteiger partial charge < -0.3 is 15.2 Å². The Balaban J connectivity index is 1.74. The number of hydrogen-bond donors (Lipinski definition) is 2. The minimum Gasteiger partial charge on any atom is -0.351 e. The van der Waals surface area contributed by atoms with Crippen LogP contribution in [0.2, 0.25) is 0 Å². The van der Waals surface area contributed by atoms with Gasteiger partial charge in [-0.1, -0.05) is 30.3 Å². The summed E-state index contributed by atoms with van der Waals surface area (Å²) < 4.78 is 0. The lowest BCUT2D eigenvalue weighted by atomic mass is 10.0. The van der Waals surface area contributed by atoms with Gasteiger partial charge >= 0.3 is 0 Å². The molecule has 26 heavy (non-hydrogen) atoms. The number of hydrogen-bond acceptors (Lipinski definition) is 4. The smallest absolute Gasteiger partial charge is 0.289 e. The number of rotatable bonds is 10. The monoisotopic (exact) mass is 354 g/mol. The van der Waals surface area contributed by atoms with Crippen molar-refractivity contribution in [3.63, 3.8) is 0 Å². The zero-order valence-electron chi connectivity index (χ0n) is 14.4. The van der Waals surface area contributed by atoms with Crippen molar-refractivity contribution in [2.75, 3.05) is 6.54 Å². The summed E-state index contributed by atoms with van der Waals surface area (Å²) in [4.78, 5) is 45.0. The van der Waals surface area contributed by atoms with Gasteiger partial charge in [-0.2, -0.15) is 0 Å². The molecule has 0 unspecified atom stereocenters. The number of ketones is 1. The summed E-state index contributed by atoms with van der Waals surface area (Å²) in [6, 6.07) is 8.47. The molecule has 7 heteroatoms. The number of carbonyl (C=O) groups excluding carboxylic acids is 3. The first-order valence-corrected chi connectivity index (χ1v) is 8.72. The molecule has 0 aliphatic heterocycles. The average Bonchev–Trinajstić information content (AvgIpc) is 3.36. The second kappa shape index (κ2) is 8.42. The van der Waals surface area contributed by atoms with Gasteiger partial charge in [0.1, 0.15) is 6.04 Å². The van der Waals surface area contributed by atoms with E-state index >= 15 is 0 Å². The Kier molecular flexibility index (Phi) is 5.78. The molecule has 2 amide bonds. The Bertz CT molecular complexity index is 741. The molecule has 1 aliphatic rings. The predicted octanol–water partition coefficient (Wildman–Crippen LogP) is 1.07. The number of nitrogens with one attached hydrogen (secondary N) is 2. The highest BCUT2D eigenvalue weighted by molar-refractivity contribution is 6.38. The van der Waals surface area contributed by atoms with Crippen molar-refractivity contribution in [3.8, 4) is 0 Å². The molecule has 0 bridgehead atoms. The van der Waals surface area contributed by atoms with Crippen LogP contribution in [0.4, 0.5) is 0 Å². The molecule has 1 aromatic heterocycles. The zero-order chi connectivity index (χ0) is 18.4. The molecule has 0 radical (unpaired) electrons. The first kappa shape index (κ1) is 17.8. The Hall–Kier alpha value is -2.96. The number of aromatic nitrogens is 2. The molecule has 1 aromatic carbocycles. The van der Waals surface area contributed by atoms with Crippen LogP contribution >= 0.6 is 0 Å². The van der Waals surface area contributed by atoms with Crippen LogP contribution in [0.25, 0.3) is 0 Å². The molecule has 2 N–H and O–H groups in total. The molecule has 136 valence electrons. The van der Waals surface area contributed by atoms with E-state index in [0.717, 1.165) is 18.4 Å². The number of imidazole rings is 1. The van der Waals surface area contributed by atoms with Crippen molar-refractivity contribution in [1.29, 1.82) is 0 Å². The lowest BCUT2D eigenvalue weighted by Crippen LogP contribution is -2.48. The summed E-state index contributed by atoms with van der Waals surface area (Å²) in [6.45, 7) is 0.764. The lowest BCUT2D eigenvalue weighted by molar-refractivity contribution is -0.143. The van der Waals surface area contributed by atoms with E-state index in [4.69, 9.17) is 0 Å². The minimum absolute atomic E-state index is 0.185. The van der Waals surface area contributed by atoms with E-state index in [1.165, 1.54) is 11.2 Å². The molecule has 2 aromatic rings. The van der Waals surface area contributed by atoms with Crippen molar-refractivity contribution in [1.82, 2.24) is 20.2 Å². The predicted molar refractivity (Wildman–Crippen MR) is 94.9 cm³/mol. The van der Waals surface area contributed by atoms with Crippen molar-refractivity contribution in [2.45, 2.75) is 31.8 Å². The van der Waals surface area contributed by atoms with E-state index < -0.39 is 17.7 Å². The van der Waals surface area contributed by atoms with E-state index in [1.54, 1.807) is 6.20 Å². The SMILES string of the molecule is O=CN(Cc1ccccc1)[C@@H](Cc1c[nH]cn1)C(=O)C(=O)NCC1CC1. The number of carbonyl (C=O) groups is 3. The molecule has 0 saturated heterocycles. The molecule has 1 aliphatic carbocycles. The van der Waals surface area contributed by atoms with Gasteiger partial charge in [0.2, 0.25) is 12.2 Å². The number of Topliss-reactive ketones (excluding diaryl/α,β-unsaturated/α-hetero) is 1. The Labute approximate surface area is 151 Å². The summed E-state index contributed by atoms with van der Waals surface area (Å²) >= 11 is 0. The van der Waals surface area contributed by atoms with E-state index in [-0.39, 0.29) is 13.0 Å². The number of nitrogens with zero attached hydrogens (tertiary/aromatic N) is 2. The molecule has 1 fully saturated rings. The van der Waals surface area contributed by atoms with Gasteiger partial charge in [-0.25, -0.2) is 4.98 Å². The number of H-pyrrole nitrogens is 1. The van der Waals surface area contributed by atoms with Crippen LogP contribution in [-0.4, -0.2) is 45.6 Å². The van der Waals surface area contributed by atoms with Crippen molar-refractivity contribution in [2.24, 2.45) is 5.92 Å². The molecule has 7 nitrogen and oxygen atoms in total. The number of amides is 2. The summed E-state index contributed by atoms with van der Waals surface area (Å²) in [5, 5.41) is 2.69. The third-order valence-corrected chi connectivity index (χ3v) is 4.48. The maximum atomic E-state index is 12.7. The first-order chi connectivity index (χ1) is 12.7. The van der Waals surface area contributed by atoms with Crippen molar-refractivity contribution >= 4 is 18.1 Å². The van der Waals surface area contributed by atoms with Gasteiger partial charge in [-0.05, 0) is 24.3 Å². The summed E-state index contributed by atoms with van der Waals surface area (Å²) in [5.41, 5.74) is 1.51. The standard InChI is InChI=1S/C19H22N4O3/c24-13-23(11-15-4-2-1-3-5-15)17(8-16-10-20-12-22-16)18(25)19(26)21-9-14-6-7-14/h1-5,10,12-14,17H,6-9,11H2,(H,20,22)(H,21,26)/t17-/m0/s1. The first-order valence-electron chi connectivity index (χ1n) is 8.72. The van der Waals surface area contributed by atoms with Crippen LogP contribution in [0.3, 0.4) is 0 Å². The topological polar surface area (TPSA) is 95.2 Å². The van der Waals surface area contributed by atoms with E-state index in [0.29, 0.717) is 24.6 Å². The largest absolute Gasteiger partial charge is 0.351 e. The summed E-state index contributed by atoms with van der Waals surface area (Å²) in [7, 11) is 0. The van der Waals surface area contributed by atoms with Crippen LogP contribution in [-0.2, 0) is 27.3 Å². The van der Waals surface area contributed by atoms with Crippen molar-refractivity contribution in [3.05, 3.63) is 54.1 Å². The lowest BCUT2D eigenvalue weighted by Gasteiger charge is -2.26. The quantitative estimate of drug-likeness (QED) is 0.493. The molecule has 1 saturated carbocycles. The van der Waals surface area contributed by atoms with Gasteiger partial charge in [0.05, 0.1) is 12.0 Å². The molecule has 0 spiro atoms. The van der Waals surface area contributed by atoms with Gasteiger partial charge in [-0.3, -0.25) is 14.4 Å². The number of aromatic amines is 1. The second-order valence-corrected chi connectivity index (χ2v) is 6.56. The third-order valence-electron chi connectivity index (χ3n) is 4.48. The second-order valence-electron chi connectivity index (χ2n) is 6.56.